The lowest BCUT2D eigenvalue weighted by molar-refractivity contribution is 0.623. The van der Waals surface area contributed by atoms with Crippen molar-refractivity contribution in [1.29, 1.82) is 0 Å². The molecule has 2 aromatic heterocycles. The molecular weight excluding hydrogens is 661 g/mol. The van der Waals surface area contributed by atoms with Crippen molar-refractivity contribution in [2.75, 3.05) is 4.90 Å². The molecule has 0 saturated carbocycles. The van der Waals surface area contributed by atoms with Gasteiger partial charge in [-0.25, -0.2) is 4.98 Å². The van der Waals surface area contributed by atoms with Gasteiger partial charge < -0.3 is 13.7 Å². The minimum absolute atomic E-state index is 0.0712. The molecule has 0 spiro atoms. The van der Waals surface area contributed by atoms with Crippen LogP contribution in [-0.2, 0) is 5.41 Å². The summed E-state index contributed by atoms with van der Waals surface area (Å²) in [5, 5.41) is 4.37. The van der Waals surface area contributed by atoms with Crippen molar-refractivity contribution in [2.24, 2.45) is 0 Å². The zero-order valence-electron chi connectivity index (χ0n) is 29.9. The van der Waals surface area contributed by atoms with Crippen LogP contribution in [-0.4, -0.2) is 4.98 Å². The Hall–Kier alpha value is -6.91. The fraction of sp³-hybridized carbons (Fsp3) is 0.0600. The Bertz CT molecular complexity index is 3080. The van der Waals surface area contributed by atoms with Crippen LogP contribution in [0.15, 0.2) is 179 Å². The van der Waals surface area contributed by atoms with E-state index in [0.29, 0.717) is 5.89 Å². The van der Waals surface area contributed by atoms with Crippen LogP contribution >= 0.6 is 0 Å². The first-order valence-corrected chi connectivity index (χ1v) is 18.5. The number of hydrogen-bond donors (Lipinski definition) is 0. The van der Waals surface area contributed by atoms with Crippen LogP contribution < -0.4 is 4.90 Å². The van der Waals surface area contributed by atoms with E-state index in [1.807, 2.05) is 42.5 Å². The largest absolute Gasteiger partial charge is 0.456 e. The smallest absolute Gasteiger partial charge is 0.227 e. The second-order valence-corrected chi connectivity index (χ2v) is 14.8. The number of aromatic nitrogens is 1. The Morgan fingerprint density at radius 3 is 2.00 bits per heavy atom. The van der Waals surface area contributed by atoms with E-state index in [1.165, 1.54) is 22.3 Å². The summed E-state index contributed by atoms with van der Waals surface area (Å²) in [6.45, 7) is 4.65. The Balaban J connectivity index is 1.09. The highest BCUT2D eigenvalue weighted by Gasteiger charge is 2.35. The van der Waals surface area contributed by atoms with E-state index in [0.717, 1.165) is 77.6 Å². The predicted octanol–water partition coefficient (Wildman–Crippen LogP) is 14.0. The first kappa shape index (κ1) is 30.7. The molecule has 0 fully saturated rings. The molecule has 1 aliphatic carbocycles. The molecule has 4 nitrogen and oxygen atoms in total. The van der Waals surface area contributed by atoms with Gasteiger partial charge in [-0.3, -0.25) is 0 Å². The summed E-state index contributed by atoms with van der Waals surface area (Å²) in [6.07, 6.45) is 0. The molecule has 0 N–H and O–H groups in total. The van der Waals surface area contributed by atoms with Crippen molar-refractivity contribution in [3.05, 3.63) is 181 Å². The summed E-state index contributed by atoms with van der Waals surface area (Å²) in [5.74, 6) is 0.620. The predicted molar refractivity (Wildman–Crippen MR) is 222 cm³/mol. The highest BCUT2D eigenvalue weighted by Crippen LogP contribution is 2.51. The Kier molecular flexibility index (Phi) is 6.56. The molecule has 0 bridgehead atoms. The van der Waals surface area contributed by atoms with E-state index < -0.39 is 0 Å². The normalized spacial score (nSPS) is 13.1. The molecule has 0 atom stereocenters. The van der Waals surface area contributed by atoms with E-state index >= 15 is 0 Å². The van der Waals surface area contributed by atoms with Crippen LogP contribution in [0.4, 0.5) is 17.1 Å². The molecule has 0 radical (unpaired) electrons. The van der Waals surface area contributed by atoms with Crippen LogP contribution in [0.2, 0.25) is 0 Å². The van der Waals surface area contributed by atoms with Gasteiger partial charge in [-0.1, -0.05) is 117 Å². The number of benzene rings is 8. The van der Waals surface area contributed by atoms with Crippen molar-refractivity contribution in [3.63, 3.8) is 0 Å². The van der Waals surface area contributed by atoms with Gasteiger partial charge in [-0.05, 0) is 99.9 Å². The summed E-state index contributed by atoms with van der Waals surface area (Å²) in [6, 6.07) is 60.1. The minimum atomic E-state index is -0.0712. The molecule has 11 rings (SSSR count). The lowest BCUT2D eigenvalue weighted by Gasteiger charge is -2.27. The van der Waals surface area contributed by atoms with Gasteiger partial charge in [0.05, 0.1) is 0 Å². The van der Waals surface area contributed by atoms with Gasteiger partial charge >= 0.3 is 0 Å². The lowest BCUT2D eigenvalue weighted by Crippen LogP contribution is -2.15. The Morgan fingerprint density at radius 2 is 1.13 bits per heavy atom. The molecular formula is C50H34N2O2. The maximum absolute atomic E-state index is 6.52. The van der Waals surface area contributed by atoms with Crippen molar-refractivity contribution < 1.29 is 8.83 Å². The minimum Gasteiger partial charge on any atom is -0.456 e. The molecule has 0 aliphatic heterocycles. The maximum Gasteiger partial charge on any atom is 0.227 e. The summed E-state index contributed by atoms with van der Waals surface area (Å²) >= 11 is 0. The monoisotopic (exact) mass is 694 g/mol. The second-order valence-electron chi connectivity index (χ2n) is 14.8. The van der Waals surface area contributed by atoms with Crippen molar-refractivity contribution in [3.8, 4) is 33.7 Å². The summed E-state index contributed by atoms with van der Waals surface area (Å²) < 4.78 is 12.8. The molecule has 0 amide bonds. The van der Waals surface area contributed by atoms with Crippen LogP contribution in [0.25, 0.3) is 77.5 Å². The topological polar surface area (TPSA) is 42.4 Å². The van der Waals surface area contributed by atoms with Crippen molar-refractivity contribution in [1.82, 2.24) is 4.98 Å². The van der Waals surface area contributed by atoms with E-state index in [9.17, 15) is 0 Å². The van der Waals surface area contributed by atoms with E-state index in [-0.39, 0.29) is 5.41 Å². The number of anilines is 3. The van der Waals surface area contributed by atoms with Gasteiger partial charge in [-0.2, -0.15) is 0 Å². The van der Waals surface area contributed by atoms with Gasteiger partial charge in [0, 0.05) is 49.8 Å². The molecule has 256 valence electrons. The van der Waals surface area contributed by atoms with E-state index in [2.05, 4.69) is 146 Å². The highest BCUT2D eigenvalue weighted by atomic mass is 16.3. The Labute approximate surface area is 312 Å². The average molecular weight is 695 g/mol. The molecule has 2 heterocycles. The second kappa shape index (κ2) is 11.5. The molecule has 10 aromatic rings. The summed E-state index contributed by atoms with van der Waals surface area (Å²) in [7, 11) is 0. The van der Waals surface area contributed by atoms with E-state index in [4.69, 9.17) is 13.8 Å². The van der Waals surface area contributed by atoms with Crippen molar-refractivity contribution >= 4 is 60.9 Å². The first-order valence-electron chi connectivity index (χ1n) is 18.5. The van der Waals surface area contributed by atoms with E-state index in [1.54, 1.807) is 0 Å². The summed E-state index contributed by atoms with van der Waals surface area (Å²) in [4.78, 5) is 7.45. The number of nitrogens with zero attached hydrogens (tertiary/aromatic N) is 2. The average Bonchev–Trinajstić information content (AvgIpc) is 3.90. The fourth-order valence-corrected chi connectivity index (χ4v) is 8.60. The third-order valence-electron chi connectivity index (χ3n) is 11.3. The number of hydrogen-bond acceptors (Lipinski definition) is 4. The molecule has 8 aromatic carbocycles. The van der Waals surface area contributed by atoms with Gasteiger partial charge in [0.2, 0.25) is 5.89 Å². The maximum atomic E-state index is 6.52. The van der Waals surface area contributed by atoms with Crippen LogP contribution in [0.3, 0.4) is 0 Å². The van der Waals surface area contributed by atoms with Crippen LogP contribution in [0.5, 0.6) is 0 Å². The highest BCUT2D eigenvalue weighted by molar-refractivity contribution is 6.10. The first-order chi connectivity index (χ1) is 26.5. The van der Waals surface area contributed by atoms with Crippen molar-refractivity contribution in [2.45, 2.75) is 19.3 Å². The molecule has 1 aliphatic rings. The fourth-order valence-electron chi connectivity index (χ4n) is 8.60. The number of oxazole rings is 1. The quantitative estimate of drug-likeness (QED) is 0.180. The zero-order chi connectivity index (χ0) is 36.0. The van der Waals surface area contributed by atoms with Gasteiger partial charge in [0.15, 0.2) is 5.58 Å². The molecule has 0 saturated heterocycles. The number of para-hydroxylation sites is 1. The number of fused-ring (bicyclic) bond motifs is 9. The molecule has 54 heavy (non-hydrogen) atoms. The lowest BCUT2D eigenvalue weighted by atomic mass is 9.82. The Morgan fingerprint density at radius 1 is 0.463 bits per heavy atom. The van der Waals surface area contributed by atoms with Crippen LogP contribution in [0.1, 0.15) is 25.0 Å². The SMILES string of the molecule is CC1(C)c2ccccc2-c2cc(N(c3ccc(-c4cc5ccccc5c5oc(-c6ccccc6)nc45)cc3)c3ccc4oc5ccccc5c4c3)ccc21. The zero-order valence-corrected chi connectivity index (χ0v) is 29.9. The molecule has 4 heteroatoms. The third kappa shape index (κ3) is 4.60. The standard InChI is InChI=1S/C50H34N2O2/c1-50(2)43-18-10-8-16-38(43)41-29-35(24-26-44(41)50)52(36-25-27-46-42(30-36)39-17-9-11-19-45(39)53-46)34-22-20-31(21-23-34)40-28-33-14-6-7-15-37(33)48-47(40)51-49(54-48)32-12-4-3-5-13-32/h3-30H,1-2H3. The van der Waals surface area contributed by atoms with Gasteiger partial charge in [0.25, 0.3) is 0 Å². The number of rotatable bonds is 5. The summed E-state index contributed by atoms with van der Waals surface area (Å²) in [5.41, 5.74) is 14.9. The number of furan rings is 1. The molecule has 0 unspecified atom stereocenters. The third-order valence-corrected chi connectivity index (χ3v) is 11.3. The van der Waals surface area contributed by atoms with Crippen LogP contribution in [0, 0.1) is 0 Å². The van der Waals surface area contributed by atoms with Gasteiger partial charge in [0.1, 0.15) is 16.7 Å². The van der Waals surface area contributed by atoms with Gasteiger partial charge in [-0.15, -0.1) is 0 Å².